The SMILES string of the molecule is NCCc1ccccc1.O=C(N[C@@H]1CCCCC/C=C\[C@@H]2C[C@]2(C(=O)NCCc2ccccc2)NC(=O)[C@@H]2C[C@H](Oc3nc4ccccc4nc3-c3cccs3)CN2C1=O)OC1CCCC1.O=C(N[C@@H]1CCCCC/C=C\[C@@H]2C[C@]2(C(=O)O)NC(=O)[C@@H]2C[C@H](Oc3nc4ccccc4nc3-c3cccs3)CN2C1=O)OC1CCCC1. The van der Waals surface area contributed by atoms with Crippen LogP contribution >= 0.6 is 22.7 Å². The van der Waals surface area contributed by atoms with Crippen molar-refractivity contribution >= 4 is 92.4 Å². The van der Waals surface area contributed by atoms with Gasteiger partial charge in [-0.3, -0.25) is 24.0 Å². The first-order valence-corrected chi connectivity index (χ1v) is 42.6. The Hall–Kier alpha value is -10.6. The van der Waals surface area contributed by atoms with E-state index in [-0.39, 0.29) is 74.1 Å². The lowest BCUT2D eigenvalue weighted by Gasteiger charge is -2.30. The second-order valence-corrected chi connectivity index (χ2v) is 33.1. The molecule has 0 unspecified atom stereocenters. The predicted molar refractivity (Wildman–Crippen MR) is 438 cm³/mol. The van der Waals surface area contributed by atoms with Gasteiger partial charge in [-0.05, 0) is 180 Å². The van der Waals surface area contributed by atoms with E-state index >= 15 is 0 Å². The van der Waals surface area contributed by atoms with Crippen molar-refractivity contribution in [1.82, 2.24) is 56.3 Å². The van der Waals surface area contributed by atoms with E-state index in [9.17, 15) is 43.5 Å². The Kier molecular flexibility index (Phi) is 26.9. The van der Waals surface area contributed by atoms with E-state index in [4.69, 9.17) is 44.6 Å². The van der Waals surface area contributed by atoms with Crippen LogP contribution in [0.3, 0.4) is 0 Å². The number of carboxylic acids is 1. The van der Waals surface area contributed by atoms with Crippen molar-refractivity contribution in [2.24, 2.45) is 17.6 Å². The van der Waals surface area contributed by atoms with E-state index in [1.54, 1.807) is 0 Å². The second-order valence-electron chi connectivity index (χ2n) is 31.2. The van der Waals surface area contributed by atoms with E-state index in [1.807, 2.05) is 150 Å². The van der Waals surface area contributed by atoms with Crippen LogP contribution in [0.15, 0.2) is 169 Å². The Balaban J connectivity index is 0.000000173. The van der Waals surface area contributed by atoms with Gasteiger partial charge in [-0.1, -0.05) is 147 Å². The molecule has 4 aliphatic heterocycles. The molecular weight excluding hydrogens is 1500 g/mol. The van der Waals surface area contributed by atoms with Gasteiger partial charge < -0.3 is 66.2 Å². The van der Waals surface area contributed by atoms with E-state index < -0.39 is 83.3 Å². The number of nitrogens with one attached hydrogen (secondary N) is 5. The lowest BCUT2D eigenvalue weighted by Crippen LogP contribution is -2.58. The fourth-order valence-electron chi connectivity index (χ4n) is 16.5. The number of carbonyl (C=O) groups excluding carboxylic acids is 7. The van der Waals surface area contributed by atoms with Crippen LogP contribution in [0.25, 0.3) is 43.2 Å². The number of thiophene rings is 2. The molecule has 8 heterocycles. The lowest BCUT2D eigenvalue weighted by atomic mass is 10.0. The maximum atomic E-state index is 14.7. The molecule has 10 atom stereocenters. The van der Waals surface area contributed by atoms with Gasteiger partial charge in [0.1, 0.15) is 71.0 Å². The average molecular weight is 1600 g/mol. The first kappa shape index (κ1) is 80.9. The molecule has 8 N–H and O–H groups in total. The minimum Gasteiger partial charge on any atom is -0.479 e. The number of alkyl carbamates (subject to hydrolysis) is 2. The number of rotatable bonds is 17. The summed E-state index contributed by atoms with van der Waals surface area (Å²) in [5.74, 6) is -3.08. The standard InChI is InChI=1S/C44H50N6O6S.C36H41N5O7S.C8H11N/c51-39-36-26-32(55-40-38(37-22-13-25-57-37)46-33-19-11-12-20-34(33)47-40)28-50(36)41(52)35(48-43(54)56-31-17-9-10-18-31)21-8-3-1-2-7-16-30-27-44(30,49-39)42(53)45-24-23-29-14-5-4-6-15-29;42-31-28-19-24(47-32-30(29-17-10-18-49-29)37-25-14-8-9-15-26(25)38-32)21-41(28)33(43)27(39-35(46)48-23-12-6-7-13-23)16-5-3-1-2-4-11-22-20-36(22,40-31)34(44)45;9-7-6-8-4-2-1-3-5-8/h4-7,11-16,19-20,22,25,30-32,35-36H,1-3,8-10,17-18,21,23-24,26-28H2,(H,45,53)(H,48,54)(H,49,51);4,8-11,14-15,17-18,22-24,27-28H,1-3,5-7,12-13,16,19-21H2,(H,39,46)(H,40,42)(H,44,45);1-5H,6-7,9H2/b16-7-;11-4-;/t30-,32+,35-,36+,44+;22-,24+,27-,28+,36+;/m11./s1. The van der Waals surface area contributed by atoms with E-state index in [0.29, 0.717) is 78.9 Å². The highest BCUT2D eigenvalue weighted by Crippen LogP contribution is 2.47. The summed E-state index contributed by atoms with van der Waals surface area (Å²) in [6.45, 7) is 1.27. The van der Waals surface area contributed by atoms with Gasteiger partial charge in [0.2, 0.25) is 41.3 Å². The summed E-state index contributed by atoms with van der Waals surface area (Å²) in [5, 5.41) is 28.8. The number of allylic oxidation sites excluding steroid dienone is 2. The number of amides is 7. The zero-order valence-corrected chi connectivity index (χ0v) is 66.3. The van der Waals surface area contributed by atoms with Crippen molar-refractivity contribution in [3.05, 3.63) is 180 Å². The molecule has 4 aliphatic carbocycles. The van der Waals surface area contributed by atoms with Gasteiger partial charge in [-0.15, -0.1) is 22.7 Å². The van der Waals surface area contributed by atoms with Crippen LogP contribution in [0, 0.1) is 11.8 Å². The first-order valence-electron chi connectivity index (χ1n) is 40.9. The molecule has 7 amide bonds. The highest BCUT2D eigenvalue weighted by Gasteiger charge is 2.63. The number of para-hydroxylation sites is 4. The van der Waals surface area contributed by atoms with Gasteiger partial charge in [0.05, 0.1) is 44.9 Å². The first-order chi connectivity index (χ1) is 56.1. The largest absolute Gasteiger partial charge is 0.479 e. The smallest absolute Gasteiger partial charge is 0.408 e. The van der Waals surface area contributed by atoms with Crippen molar-refractivity contribution in [2.75, 3.05) is 26.2 Å². The van der Waals surface area contributed by atoms with Gasteiger partial charge in [-0.2, -0.15) is 0 Å². The van der Waals surface area contributed by atoms with Crippen LogP contribution in [0.5, 0.6) is 11.8 Å². The van der Waals surface area contributed by atoms with Crippen LogP contribution in [-0.2, 0) is 51.1 Å². The molecule has 0 spiro atoms. The number of aliphatic carboxylic acids is 1. The fourth-order valence-corrected chi connectivity index (χ4v) is 17.9. The molecule has 604 valence electrons. The van der Waals surface area contributed by atoms with Crippen molar-refractivity contribution in [1.29, 1.82) is 0 Å². The monoisotopic (exact) mass is 1600 g/mol. The number of benzene rings is 4. The van der Waals surface area contributed by atoms with Crippen molar-refractivity contribution in [2.45, 2.75) is 214 Å². The van der Waals surface area contributed by atoms with Crippen molar-refractivity contribution < 1.29 is 62.4 Å². The number of nitrogens with zero attached hydrogens (tertiary/aromatic N) is 6. The molecule has 0 bridgehead atoms. The molecule has 16 rings (SSSR count). The zero-order chi connectivity index (χ0) is 79.7. The molecule has 25 nitrogen and oxygen atoms in total. The Morgan fingerprint density at radius 2 is 0.913 bits per heavy atom. The summed E-state index contributed by atoms with van der Waals surface area (Å²) in [6.07, 6.45) is 22.1. The number of fused-ring (bicyclic) bond motifs is 6. The van der Waals surface area contributed by atoms with Crippen molar-refractivity contribution in [3.8, 4) is 32.9 Å². The number of carbonyl (C=O) groups is 8. The summed E-state index contributed by atoms with van der Waals surface area (Å²) >= 11 is 3.01. The summed E-state index contributed by atoms with van der Waals surface area (Å²) in [5.41, 5.74) is 9.08. The van der Waals surface area contributed by atoms with Gasteiger partial charge in [-0.25, -0.2) is 34.3 Å². The molecule has 27 heteroatoms. The van der Waals surface area contributed by atoms with Crippen LogP contribution in [-0.4, -0.2) is 168 Å². The topological polar surface area (TPSA) is 338 Å². The number of carboxylic acid groups (broad SMARTS) is 1. The molecule has 8 aliphatic rings. The summed E-state index contributed by atoms with van der Waals surface area (Å²) in [6, 6.07) is 39.2. The number of ether oxygens (including phenoxy) is 4. The van der Waals surface area contributed by atoms with Crippen LogP contribution in [0.2, 0.25) is 0 Å². The summed E-state index contributed by atoms with van der Waals surface area (Å²) < 4.78 is 24.5. The third-order valence-electron chi connectivity index (χ3n) is 23.0. The summed E-state index contributed by atoms with van der Waals surface area (Å²) in [7, 11) is 0. The Bertz CT molecular complexity index is 4760. The van der Waals surface area contributed by atoms with E-state index in [0.717, 1.165) is 124 Å². The zero-order valence-electron chi connectivity index (χ0n) is 64.7. The Labute approximate surface area is 677 Å². The van der Waals surface area contributed by atoms with Gasteiger partial charge >= 0.3 is 18.2 Å². The van der Waals surface area contributed by atoms with E-state index in [1.165, 1.54) is 38.0 Å². The van der Waals surface area contributed by atoms with Crippen LogP contribution in [0.4, 0.5) is 9.59 Å². The maximum absolute atomic E-state index is 14.7. The molecule has 4 saturated carbocycles. The van der Waals surface area contributed by atoms with Crippen molar-refractivity contribution in [3.63, 3.8) is 0 Å². The highest BCUT2D eigenvalue weighted by atomic mass is 32.1. The number of hydrogen-bond donors (Lipinski definition) is 7. The minimum atomic E-state index is -1.43. The summed E-state index contributed by atoms with van der Waals surface area (Å²) in [4.78, 5) is 134. The minimum absolute atomic E-state index is 0.0363. The molecule has 4 aromatic carbocycles. The quantitative estimate of drug-likeness (QED) is 0.0416. The Morgan fingerprint density at radius 3 is 1.36 bits per heavy atom. The molecule has 115 heavy (non-hydrogen) atoms. The number of nitrogens with two attached hydrogens (primary N) is 1. The number of hydrogen-bond acceptors (Lipinski definition) is 19. The van der Waals surface area contributed by atoms with Gasteiger partial charge in [0, 0.05) is 31.2 Å². The number of aromatic nitrogens is 4. The normalized spacial score (nSPS) is 25.7. The molecule has 0 radical (unpaired) electrons. The molecule has 4 aromatic heterocycles. The van der Waals surface area contributed by atoms with Crippen LogP contribution in [0.1, 0.15) is 152 Å². The third-order valence-corrected chi connectivity index (χ3v) is 24.7. The molecular formula is C88H102N12O13S2. The predicted octanol–water partition coefficient (Wildman–Crippen LogP) is 12.9. The fraction of sp³-hybridized carbons (Fsp3) is 0.455. The lowest BCUT2D eigenvalue weighted by molar-refractivity contribution is -0.145. The average Bonchev–Trinajstić information content (AvgIpc) is 1.58. The third kappa shape index (κ3) is 20.4. The molecule has 2 saturated heterocycles. The molecule has 6 fully saturated rings. The molecule has 8 aromatic rings. The highest BCUT2D eigenvalue weighted by molar-refractivity contribution is 7.13. The van der Waals surface area contributed by atoms with Crippen LogP contribution < -0.4 is 41.8 Å². The van der Waals surface area contributed by atoms with Gasteiger partial charge in [0.15, 0.2) is 0 Å². The van der Waals surface area contributed by atoms with E-state index in [2.05, 4.69) is 44.8 Å². The Morgan fingerprint density at radius 1 is 0.496 bits per heavy atom. The maximum Gasteiger partial charge on any atom is 0.408 e. The second kappa shape index (κ2) is 38.2. The van der Waals surface area contributed by atoms with Gasteiger partial charge in [0.25, 0.3) is 0 Å².